The summed E-state index contributed by atoms with van der Waals surface area (Å²) in [5.41, 5.74) is 0.869. The molecule has 1 aliphatic carbocycles. The van der Waals surface area contributed by atoms with Gasteiger partial charge in [0.25, 0.3) is 11.7 Å². The second-order valence-electron chi connectivity index (χ2n) is 4.64. The normalized spacial score (nSPS) is 25.7. The first-order chi connectivity index (χ1) is 9.16. The number of hydrogen-bond donors (Lipinski definition) is 0. The highest BCUT2D eigenvalue weighted by Gasteiger charge is 2.60. The van der Waals surface area contributed by atoms with Gasteiger partial charge in [0, 0.05) is 34.1 Å². The molecule has 0 bridgehead atoms. The predicted octanol–water partition coefficient (Wildman–Crippen LogP) is 1.08. The van der Waals surface area contributed by atoms with E-state index in [1.807, 2.05) is 6.08 Å². The average Bonchev–Trinajstić information content (AvgIpc) is 2.70. The Bertz CT molecular complexity index is 373. The van der Waals surface area contributed by atoms with Crippen LogP contribution in [0.4, 0.5) is 0 Å². The molecule has 1 atom stereocenters. The Morgan fingerprint density at radius 2 is 1.89 bits per heavy atom. The van der Waals surface area contributed by atoms with Gasteiger partial charge in [0.1, 0.15) is 0 Å². The third kappa shape index (κ3) is 1.99. The van der Waals surface area contributed by atoms with Gasteiger partial charge < -0.3 is 18.9 Å². The van der Waals surface area contributed by atoms with Crippen molar-refractivity contribution in [2.24, 2.45) is 5.92 Å². The molecule has 0 spiro atoms. The lowest BCUT2D eigenvalue weighted by atomic mass is 9.88. The highest BCUT2D eigenvalue weighted by Crippen LogP contribution is 2.46. The number of allylic oxidation sites excluding steroid dienone is 1. The molecule has 0 radical (unpaired) electrons. The minimum absolute atomic E-state index is 0.114. The molecule has 0 N–H and O–H groups in total. The summed E-state index contributed by atoms with van der Waals surface area (Å²) in [6.45, 7) is 0. The lowest BCUT2D eigenvalue weighted by molar-refractivity contribution is -0.232. The van der Waals surface area contributed by atoms with Gasteiger partial charge in [-0.2, -0.15) is 0 Å². The van der Waals surface area contributed by atoms with Crippen molar-refractivity contribution in [2.45, 2.75) is 31.5 Å². The van der Waals surface area contributed by atoms with E-state index >= 15 is 0 Å². The number of rotatable bonds is 5. The van der Waals surface area contributed by atoms with E-state index in [-0.39, 0.29) is 11.8 Å². The first kappa shape index (κ1) is 14.5. The Morgan fingerprint density at radius 3 is 2.42 bits per heavy atom. The molecular weight excluding hydrogens is 250 g/mol. The van der Waals surface area contributed by atoms with Crippen LogP contribution in [0, 0.1) is 5.92 Å². The number of amides is 1. The van der Waals surface area contributed by atoms with Crippen molar-refractivity contribution in [3.8, 4) is 0 Å². The third-order valence-electron chi connectivity index (χ3n) is 3.88. The van der Waals surface area contributed by atoms with Crippen molar-refractivity contribution >= 4 is 5.91 Å². The number of likely N-dealkylation sites (tertiary alicyclic amines) is 1. The minimum Gasteiger partial charge on any atom is -0.345 e. The van der Waals surface area contributed by atoms with Gasteiger partial charge >= 0.3 is 0 Å². The molecule has 108 valence electrons. The largest absolute Gasteiger partial charge is 0.345 e. The maximum atomic E-state index is 12.7. The molecule has 2 rings (SSSR count). The molecule has 1 saturated heterocycles. The fraction of sp³-hybridized carbons (Fsp3) is 0.769. The van der Waals surface area contributed by atoms with Crippen molar-refractivity contribution in [1.29, 1.82) is 0 Å². The van der Waals surface area contributed by atoms with Crippen LogP contribution in [-0.2, 0) is 23.7 Å². The van der Waals surface area contributed by atoms with Gasteiger partial charge in [0.15, 0.2) is 0 Å². The fourth-order valence-corrected chi connectivity index (χ4v) is 3.01. The summed E-state index contributed by atoms with van der Waals surface area (Å²) in [6, 6.07) is 0. The molecule has 0 aromatic carbocycles. The molecule has 1 fully saturated rings. The maximum Gasteiger partial charge on any atom is 0.291 e. The molecule has 1 unspecified atom stereocenters. The van der Waals surface area contributed by atoms with Gasteiger partial charge in [-0.1, -0.05) is 6.08 Å². The van der Waals surface area contributed by atoms with E-state index in [0.29, 0.717) is 0 Å². The molecule has 6 nitrogen and oxygen atoms in total. The number of fused-ring (bicyclic) bond motifs is 1. The molecule has 1 aliphatic heterocycles. The monoisotopic (exact) mass is 271 g/mol. The summed E-state index contributed by atoms with van der Waals surface area (Å²) in [4.78, 5) is 14.2. The third-order valence-corrected chi connectivity index (χ3v) is 3.88. The van der Waals surface area contributed by atoms with Crippen LogP contribution in [-0.4, -0.2) is 51.4 Å². The first-order valence-electron chi connectivity index (χ1n) is 6.35. The number of carbonyl (C=O) groups excluding carboxylic acids is 1. The van der Waals surface area contributed by atoms with E-state index in [0.717, 1.165) is 25.0 Å². The highest BCUT2D eigenvalue weighted by atomic mass is 16.7. The summed E-state index contributed by atoms with van der Waals surface area (Å²) >= 11 is 0. The van der Waals surface area contributed by atoms with Gasteiger partial charge in [-0.25, -0.2) is 0 Å². The fourth-order valence-electron chi connectivity index (χ4n) is 3.01. The number of ether oxygens (including phenoxy) is 4. The Labute approximate surface area is 113 Å². The molecular formula is C13H21NO5. The summed E-state index contributed by atoms with van der Waals surface area (Å²) in [7, 11) is 5.98. The summed E-state index contributed by atoms with van der Waals surface area (Å²) in [6.07, 6.45) is 4.06. The summed E-state index contributed by atoms with van der Waals surface area (Å²) in [5, 5.41) is 0. The van der Waals surface area contributed by atoms with E-state index in [4.69, 9.17) is 18.9 Å². The quantitative estimate of drug-likeness (QED) is 0.700. The van der Waals surface area contributed by atoms with Gasteiger partial charge in [0.2, 0.25) is 6.41 Å². The Balaban J connectivity index is 2.45. The van der Waals surface area contributed by atoms with E-state index in [2.05, 4.69) is 0 Å². The molecule has 19 heavy (non-hydrogen) atoms. The molecule has 0 aromatic rings. The molecule has 0 saturated carbocycles. The van der Waals surface area contributed by atoms with Crippen molar-refractivity contribution in [1.82, 2.24) is 4.90 Å². The SMILES string of the molecule is COC(OC)N1C(=O)C(OC)(OC)C2CCCC=C21. The van der Waals surface area contributed by atoms with E-state index in [9.17, 15) is 4.79 Å². The highest BCUT2D eigenvalue weighted by molar-refractivity contribution is 5.89. The van der Waals surface area contributed by atoms with Gasteiger partial charge in [-0.05, 0) is 19.3 Å². The smallest absolute Gasteiger partial charge is 0.291 e. The molecule has 1 amide bonds. The number of hydrogen-bond acceptors (Lipinski definition) is 5. The summed E-state index contributed by atoms with van der Waals surface area (Å²) < 4.78 is 21.3. The predicted molar refractivity (Wildman–Crippen MR) is 66.8 cm³/mol. The van der Waals surface area contributed by atoms with Crippen LogP contribution in [0.15, 0.2) is 11.8 Å². The van der Waals surface area contributed by atoms with Crippen molar-refractivity contribution in [2.75, 3.05) is 28.4 Å². The number of carbonyl (C=O) groups is 1. The molecule has 2 aliphatic rings. The minimum atomic E-state index is -1.26. The van der Waals surface area contributed by atoms with Crippen LogP contribution >= 0.6 is 0 Å². The molecule has 1 heterocycles. The maximum absolute atomic E-state index is 12.7. The van der Waals surface area contributed by atoms with Gasteiger partial charge in [-0.3, -0.25) is 9.69 Å². The van der Waals surface area contributed by atoms with Crippen LogP contribution in [0.3, 0.4) is 0 Å². The van der Waals surface area contributed by atoms with E-state index in [1.54, 1.807) is 0 Å². The zero-order valence-electron chi connectivity index (χ0n) is 11.8. The first-order valence-corrected chi connectivity index (χ1v) is 6.35. The van der Waals surface area contributed by atoms with Gasteiger partial charge in [0.05, 0.1) is 5.92 Å². The lowest BCUT2D eigenvalue weighted by Gasteiger charge is -2.30. The zero-order valence-corrected chi connectivity index (χ0v) is 11.8. The summed E-state index contributed by atoms with van der Waals surface area (Å²) in [5.74, 6) is -1.65. The second kappa shape index (κ2) is 5.58. The topological polar surface area (TPSA) is 57.2 Å². The second-order valence-corrected chi connectivity index (χ2v) is 4.64. The average molecular weight is 271 g/mol. The molecule has 0 aromatic heterocycles. The van der Waals surface area contributed by atoms with Crippen LogP contribution in [0.1, 0.15) is 19.3 Å². The van der Waals surface area contributed by atoms with Crippen molar-refractivity contribution in [3.63, 3.8) is 0 Å². The van der Waals surface area contributed by atoms with Gasteiger partial charge in [-0.15, -0.1) is 0 Å². The lowest BCUT2D eigenvalue weighted by Crippen LogP contribution is -2.49. The van der Waals surface area contributed by atoms with Crippen LogP contribution < -0.4 is 0 Å². The van der Waals surface area contributed by atoms with Crippen LogP contribution in [0.5, 0.6) is 0 Å². The number of nitrogens with zero attached hydrogens (tertiary/aromatic N) is 1. The van der Waals surface area contributed by atoms with Crippen molar-refractivity contribution in [3.05, 3.63) is 11.8 Å². The standard InChI is InChI=1S/C13H21NO5/c1-16-12(17-2)14-10-8-6-5-7-9(10)13(18-3,19-4)11(14)15/h8-9,12H,5-7H2,1-4H3. The number of methoxy groups -OCH3 is 4. The van der Waals surface area contributed by atoms with Crippen molar-refractivity contribution < 1.29 is 23.7 Å². The van der Waals surface area contributed by atoms with Crippen LogP contribution in [0.2, 0.25) is 0 Å². The Kier molecular flexibility index (Phi) is 4.25. The Morgan fingerprint density at radius 1 is 1.26 bits per heavy atom. The van der Waals surface area contributed by atoms with E-state index in [1.165, 1.54) is 33.3 Å². The zero-order chi connectivity index (χ0) is 14.0. The van der Waals surface area contributed by atoms with E-state index < -0.39 is 12.2 Å². The van der Waals surface area contributed by atoms with Crippen LogP contribution in [0.25, 0.3) is 0 Å². The molecule has 6 heteroatoms. The Hall–Kier alpha value is -0.950.